The minimum absolute atomic E-state index is 0.116. The van der Waals surface area contributed by atoms with E-state index in [0.717, 1.165) is 42.8 Å². The van der Waals surface area contributed by atoms with Crippen molar-refractivity contribution in [2.75, 3.05) is 5.32 Å². The van der Waals surface area contributed by atoms with Crippen LogP contribution in [-0.2, 0) is 11.8 Å². The highest BCUT2D eigenvalue weighted by Gasteiger charge is 2.27. The van der Waals surface area contributed by atoms with Crippen molar-refractivity contribution >= 4 is 29.0 Å². The van der Waals surface area contributed by atoms with Crippen LogP contribution in [0.4, 0.5) is 5.82 Å². The maximum Gasteiger partial charge on any atom is 0.276 e. The van der Waals surface area contributed by atoms with E-state index in [2.05, 4.69) is 34.6 Å². The van der Waals surface area contributed by atoms with E-state index in [9.17, 15) is 9.59 Å². The predicted octanol–water partition coefficient (Wildman–Crippen LogP) is 3.83. The van der Waals surface area contributed by atoms with E-state index in [4.69, 9.17) is 0 Å². The molecule has 0 saturated heterocycles. The van der Waals surface area contributed by atoms with Crippen molar-refractivity contribution in [3.05, 3.63) is 27.8 Å². The average molecular weight is 404 g/mol. The second-order valence-corrected chi connectivity index (χ2v) is 8.88. The Morgan fingerprint density at radius 3 is 2.64 bits per heavy atom. The van der Waals surface area contributed by atoms with Gasteiger partial charge in [0.2, 0.25) is 5.91 Å². The second-order valence-electron chi connectivity index (χ2n) is 7.99. The van der Waals surface area contributed by atoms with Crippen molar-refractivity contribution in [1.29, 1.82) is 0 Å². The minimum atomic E-state index is -0.268. The van der Waals surface area contributed by atoms with Crippen LogP contribution in [0.1, 0.15) is 73.2 Å². The molecule has 2 aromatic heterocycles. The maximum atomic E-state index is 12.6. The summed E-state index contributed by atoms with van der Waals surface area (Å²) < 4.78 is 1.63. The highest BCUT2D eigenvalue weighted by atomic mass is 32.1. The molecule has 0 unspecified atom stereocenters. The minimum Gasteiger partial charge on any atom is -0.347 e. The number of nitrogens with zero attached hydrogens (tertiary/aromatic N) is 3. The third-order valence-corrected chi connectivity index (χ3v) is 6.00. The first-order chi connectivity index (χ1) is 13.3. The molecule has 2 N–H and O–H groups in total. The molecule has 1 fully saturated rings. The van der Waals surface area contributed by atoms with Gasteiger partial charge in [0.05, 0.1) is 11.7 Å². The van der Waals surface area contributed by atoms with E-state index in [1.54, 1.807) is 17.1 Å². The number of hydrogen-bond donors (Lipinski definition) is 2. The molecule has 28 heavy (non-hydrogen) atoms. The molecular formula is C20H29N5O2S. The van der Waals surface area contributed by atoms with Gasteiger partial charge in [-0.05, 0) is 32.1 Å². The average Bonchev–Trinajstić information content (AvgIpc) is 3.35. The highest BCUT2D eigenvalue weighted by Crippen LogP contribution is 2.29. The largest absolute Gasteiger partial charge is 0.347 e. The number of carbonyl (C=O) groups is 2. The number of hydrogen-bond acceptors (Lipinski definition) is 5. The van der Waals surface area contributed by atoms with Gasteiger partial charge >= 0.3 is 0 Å². The number of carbonyl (C=O) groups excluding carboxylic acids is 2. The molecule has 0 radical (unpaired) electrons. The van der Waals surface area contributed by atoms with Crippen LogP contribution in [0.25, 0.3) is 0 Å². The van der Waals surface area contributed by atoms with E-state index in [1.165, 1.54) is 11.3 Å². The first-order valence-electron chi connectivity index (χ1n) is 9.91. The summed E-state index contributed by atoms with van der Waals surface area (Å²) in [5.74, 6) is 1.01. The van der Waals surface area contributed by atoms with Crippen molar-refractivity contribution in [3.63, 3.8) is 0 Å². The lowest BCUT2D eigenvalue weighted by molar-refractivity contribution is -0.125. The van der Waals surface area contributed by atoms with Crippen molar-refractivity contribution in [2.45, 2.75) is 58.9 Å². The molecular weight excluding hydrogens is 374 g/mol. The first-order valence-corrected chi connectivity index (χ1v) is 10.8. The molecule has 2 heterocycles. The van der Waals surface area contributed by atoms with Gasteiger partial charge in [-0.25, -0.2) is 4.98 Å². The number of thiazole rings is 1. The standard InChI is InChI=1S/C20H29N5O2S/c1-12(2)9-15(21-18(26)14-7-5-6-8-14)20-22-16(11-28-20)19(27)23-17-10-13(3)24-25(17)4/h10-12,14-15H,5-9H2,1-4H3,(H,21,26)(H,23,27)/t15-/m1/s1. The monoisotopic (exact) mass is 403 g/mol. The van der Waals surface area contributed by atoms with E-state index in [-0.39, 0.29) is 23.8 Å². The van der Waals surface area contributed by atoms with Crippen LogP contribution in [0, 0.1) is 18.8 Å². The molecule has 1 saturated carbocycles. The lowest BCUT2D eigenvalue weighted by Crippen LogP contribution is -2.33. The van der Waals surface area contributed by atoms with E-state index in [1.807, 2.05) is 13.0 Å². The van der Waals surface area contributed by atoms with Crippen LogP contribution >= 0.6 is 11.3 Å². The molecule has 1 aliphatic carbocycles. The molecule has 7 nitrogen and oxygen atoms in total. The molecule has 8 heteroatoms. The third-order valence-electron chi connectivity index (χ3n) is 5.05. The fourth-order valence-corrected chi connectivity index (χ4v) is 4.49. The summed E-state index contributed by atoms with van der Waals surface area (Å²) in [6.07, 6.45) is 4.99. The quantitative estimate of drug-likeness (QED) is 0.735. The number of aryl methyl sites for hydroxylation is 2. The smallest absolute Gasteiger partial charge is 0.276 e. The van der Waals surface area contributed by atoms with Gasteiger partial charge in [-0.3, -0.25) is 14.3 Å². The lowest BCUT2D eigenvalue weighted by atomic mass is 10.0. The normalized spacial score (nSPS) is 15.8. The summed E-state index contributed by atoms with van der Waals surface area (Å²) in [4.78, 5) is 29.7. The van der Waals surface area contributed by atoms with Crippen LogP contribution < -0.4 is 10.6 Å². The molecule has 2 aromatic rings. The number of rotatable bonds is 7. The molecule has 1 aliphatic rings. The molecule has 0 aromatic carbocycles. The van der Waals surface area contributed by atoms with Crippen LogP contribution in [0.15, 0.2) is 11.4 Å². The van der Waals surface area contributed by atoms with Gasteiger partial charge in [-0.15, -0.1) is 11.3 Å². The Labute approximate surface area is 169 Å². The van der Waals surface area contributed by atoms with E-state index >= 15 is 0 Å². The highest BCUT2D eigenvalue weighted by molar-refractivity contribution is 7.10. The zero-order valence-corrected chi connectivity index (χ0v) is 17.8. The van der Waals surface area contributed by atoms with Gasteiger partial charge in [-0.1, -0.05) is 26.7 Å². The van der Waals surface area contributed by atoms with Gasteiger partial charge in [-0.2, -0.15) is 5.10 Å². The summed E-state index contributed by atoms with van der Waals surface area (Å²) in [5, 5.41) is 12.8. The van der Waals surface area contributed by atoms with Gasteiger partial charge in [0.15, 0.2) is 0 Å². The Morgan fingerprint density at radius 2 is 2.04 bits per heavy atom. The molecule has 3 rings (SSSR count). The summed E-state index contributed by atoms with van der Waals surface area (Å²) in [7, 11) is 1.78. The zero-order valence-electron chi connectivity index (χ0n) is 17.0. The Bertz CT molecular complexity index is 836. The second kappa shape index (κ2) is 8.86. The molecule has 1 atom stereocenters. The van der Waals surface area contributed by atoms with Gasteiger partial charge in [0.1, 0.15) is 16.5 Å². The molecule has 152 valence electrons. The molecule has 0 spiro atoms. The number of nitrogens with one attached hydrogen (secondary N) is 2. The van der Waals surface area contributed by atoms with Crippen LogP contribution in [0.3, 0.4) is 0 Å². The first kappa shape index (κ1) is 20.5. The van der Waals surface area contributed by atoms with Crippen LogP contribution in [0.2, 0.25) is 0 Å². The number of anilines is 1. The fourth-order valence-electron chi connectivity index (χ4n) is 3.63. The topological polar surface area (TPSA) is 88.9 Å². The summed E-state index contributed by atoms with van der Waals surface area (Å²) in [6, 6.07) is 1.66. The Balaban J connectivity index is 1.71. The maximum absolute atomic E-state index is 12.6. The van der Waals surface area contributed by atoms with E-state index in [0.29, 0.717) is 17.4 Å². The van der Waals surface area contributed by atoms with Crippen molar-refractivity contribution in [3.8, 4) is 0 Å². The molecule has 0 bridgehead atoms. The predicted molar refractivity (Wildman–Crippen MR) is 110 cm³/mol. The Morgan fingerprint density at radius 1 is 1.32 bits per heavy atom. The summed E-state index contributed by atoms with van der Waals surface area (Å²) in [6.45, 7) is 6.13. The van der Waals surface area contributed by atoms with Gasteiger partial charge in [0, 0.05) is 24.4 Å². The van der Waals surface area contributed by atoms with Gasteiger partial charge in [0.25, 0.3) is 5.91 Å². The number of amides is 2. The van der Waals surface area contributed by atoms with Crippen molar-refractivity contribution in [1.82, 2.24) is 20.1 Å². The Kier molecular flexibility index (Phi) is 6.49. The third kappa shape index (κ3) is 4.98. The van der Waals surface area contributed by atoms with Crippen molar-refractivity contribution in [2.24, 2.45) is 18.9 Å². The molecule has 2 amide bonds. The van der Waals surface area contributed by atoms with Gasteiger partial charge < -0.3 is 10.6 Å². The Hall–Kier alpha value is -2.22. The zero-order chi connectivity index (χ0) is 20.3. The lowest BCUT2D eigenvalue weighted by Gasteiger charge is -2.20. The number of aromatic nitrogens is 3. The van der Waals surface area contributed by atoms with E-state index < -0.39 is 0 Å². The van der Waals surface area contributed by atoms with Crippen molar-refractivity contribution < 1.29 is 9.59 Å². The summed E-state index contributed by atoms with van der Waals surface area (Å²) >= 11 is 1.42. The summed E-state index contributed by atoms with van der Waals surface area (Å²) in [5.41, 5.74) is 1.20. The van der Waals surface area contributed by atoms with Crippen LogP contribution in [-0.4, -0.2) is 26.6 Å². The fraction of sp³-hybridized carbons (Fsp3) is 0.600. The van der Waals surface area contributed by atoms with Crippen LogP contribution in [0.5, 0.6) is 0 Å². The SMILES string of the molecule is Cc1cc(NC(=O)c2csc([C@@H](CC(C)C)NC(=O)C3CCCC3)n2)n(C)n1. The molecule has 0 aliphatic heterocycles.